The lowest BCUT2D eigenvalue weighted by molar-refractivity contribution is -0.121. The lowest BCUT2D eigenvalue weighted by atomic mass is 10.0. The molecule has 0 spiro atoms. The highest BCUT2D eigenvalue weighted by Crippen LogP contribution is 2.24. The zero-order valence-electron chi connectivity index (χ0n) is 13.6. The van der Waals surface area contributed by atoms with Gasteiger partial charge in [0.1, 0.15) is 6.54 Å². The fourth-order valence-electron chi connectivity index (χ4n) is 1.82. The molecule has 0 saturated carbocycles. The fourth-order valence-corrected chi connectivity index (χ4v) is 2.91. The van der Waals surface area contributed by atoms with Crippen LogP contribution in [-0.2, 0) is 14.8 Å². The number of sulfonamides is 1. The highest BCUT2D eigenvalue weighted by molar-refractivity contribution is 9.10. The number of rotatable bonds is 6. The van der Waals surface area contributed by atoms with Crippen LogP contribution in [0.15, 0.2) is 22.7 Å². The molecule has 0 saturated heterocycles. The Morgan fingerprint density at radius 1 is 1.36 bits per heavy atom. The maximum Gasteiger partial charge on any atom is 0.241 e. The number of nitrogens with one attached hydrogen (secondary N) is 1. The van der Waals surface area contributed by atoms with E-state index in [2.05, 4.69) is 21.2 Å². The van der Waals surface area contributed by atoms with E-state index in [1.54, 1.807) is 18.2 Å². The molecule has 0 aliphatic heterocycles. The van der Waals surface area contributed by atoms with E-state index in [-0.39, 0.29) is 18.0 Å². The van der Waals surface area contributed by atoms with Crippen LogP contribution >= 0.6 is 15.9 Å². The number of amides is 1. The zero-order chi connectivity index (χ0) is 17.1. The van der Waals surface area contributed by atoms with Gasteiger partial charge in [-0.25, -0.2) is 8.42 Å². The van der Waals surface area contributed by atoms with Crippen molar-refractivity contribution in [1.82, 2.24) is 5.32 Å². The number of anilines is 1. The Labute approximate surface area is 141 Å². The first kappa shape index (κ1) is 19.0. The molecular weight excluding hydrogens is 368 g/mol. The van der Waals surface area contributed by atoms with Crippen molar-refractivity contribution in [2.24, 2.45) is 0 Å². The van der Waals surface area contributed by atoms with E-state index >= 15 is 0 Å². The summed E-state index contributed by atoms with van der Waals surface area (Å²) in [5, 5.41) is 2.85. The topological polar surface area (TPSA) is 66.5 Å². The zero-order valence-corrected chi connectivity index (χ0v) is 16.0. The molecule has 0 aliphatic rings. The quantitative estimate of drug-likeness (QED) is 0.811. The molecule has 0 fully saturated rings. The smallest absolute Gasteiger partial charge is 0.241 e. The maximum atomic E-state index is 12.2. The number of halogens is 1. The van der Waals surface area contributed by atoms with Gasteiger partial charge in [0.15, 0.2) is 0 Å². The summed E-state index contributed by atoms with van der Waals surface area (Å²) < 4.78 is 26.1. The molecule has 0 aliphatic carbocycles. The average Bonchev–Trinajstić information content (AvgIpc) is 2.37. The van der Waals surface area contributed by atoms with Gasteiger partial charge < -0.3 is 5.32 Å². The molecule has 5 nitrogen and oxygen atoms in total. The number of nitrogens with zero attached hydrogens (tertiary/aromatic N) is 1. The van der Waals surface area contributed by atoms with Crippen LogP contribution in [-0.4, -0.2) is 32.7 Å². The van der Waals surface area contributed by atoms with Crippen molar-refractivity contribution in [2.75, 3.05) is 17.1 Å². The number of hydrogen-bond acceptors (Lipinski definition) is 3. The molecule has 0 heterocycles. The standard InChI is InChI=1S/C15H23BrN2O3S/c1-6-15(3,4)17-14(19)10-18(22(5,20)21)12-7-8-13(16)11(2)9-12/h7-9H,6,10H2,1-5H3,(H,17,19). The Kier molecular flexibility index (Phi) is 6.03. The Morgan fingerprint density at radius 3 is 2.41 bits per heavy atom. The molecule has 1 aromatic rings. The third-order valence-corrected chi connectivity index (χ3v) is 5.51. The van der Waals surface area contributed by atoms with Crippen LogP contribution in [0.4, 0.5) is 5.69 Å². The van der Waals surface area contributed by atoms with E-state index in [4.69, 9.17) is 0 Å². The summed E-state index contributed by atoms with van der Waals surface area (Å²) in [6.07, 6.45) is 1.86. The molecule has 0 radical (unpaired) electrons. The second-order valence-corrected chi connectivity index (χ2v) is 8.75. The minimum atomic E-state index is -3.55. The SMILES string of the molecule is CCC(C)(C)NC(=O)CN(c1ccc(Br)c(C)c1)S(C)(=O)=O. The number of carbonyl (C=O) groups is 1. The number of aryl methyl sites for hydroxylation is 1. The Bertz CT molecular complexity index is 657. The highest BCUT2D eigenvalue weighted by atomic mass is 79.9. The van der Waals surface area contributed by atoms with Crippen molar-refractivity contribution in [2.45, 2.75) is 39.7 Å². The third-order valence-electron chi connectivity index (χ3n) is 3.48. The number of hydrogen-bond donors (Lipinski definition) is 1. The minimum absolute atomic E-state index is 0.233. The van der Waals surface area contributed by atoms with Gasteiger partial charge in [0.05, 0.1) is 11.9 Å². The summed E-state index contributed by atoms with van der Waals surface area (Å²) in [4.78, 5) is 12.2. The molecule has 0 bridgehead atoms. The summed E-state index contributed by atoms with van der Waals surface area (Å²) in [5.41, 5.74) is 1.02. The van der Waals surface area contributed by atoms with E-state index in [9.17, 15) is 13.2 Å². The van der Waals surface area contributed by atoms with Crippen molar-refractivity contribution >= 4 is 37.5 Å². The molecular formula is C15H23BrN2O3S. The van der Waals surface area contributed by atoms with Crippen LogP contribution in [0, 0.1) is 6.92 Å². The van der Waals surface area contributed by atoms with E-state index in [0.29, 0.717) is 5.69 Å². The lowest BCUT2D eigenvalue weighted by Gasteiger charge is -2.28. The van der Waals surface area contributed by atoms with Crippen molar-refractivity contribution in [1.29, 1.82) is 0 Å². The van der Waals surface area contributed by atoms with E-state index in [0.717, 1.165) is 27.0 Å². The van der Waals surface area contributed by atoms with E-state index in [1.165, 1.54) is 0 Å². The van der Waals surface area contributed by atoms with Crippen molar-refractivity contribution < 1.29 is 13.2 Å². The number of carbonyl (C=O) groups excluding carboxylic acids is 1. The van der Waals surface area contributed by atoms with Gasteiger partial charge in [0.2, 0.25) is 15.9 Å². The van der Waals surface area contributed by atoms with Gasteiger partial charge in [0.25, 0.3) is 0 Å². The van der Waals surface area contributed by atoms with Gasteiger partial charge in [-0.2, -0.15) is 0 Å². The van der Waals surface area contributed by atoms with Gasteiger partial charge >= 0.3 is 0 Å². The maximum absolute atomic E-state index is 12.2. The van der Waals surface area contributed by atoms with Crippen molar-refractivity contribution in [3.05, 3.63) is 28.2 Å². The van der Waals surface area contributed by atoms with Gasteiger partial charge in [-0.05, 0) is 51.0 Å². The molecule has 1 amide bonds. The van der Waals surface area contributed by atoms with Gasteiger partial charge in [-0.3, -0.25) is 9.10 Å². The summed E-state index contributed by atoms with van der Waals surface area (Å²) >= 11 is 3.38. The summed E-state index contributed by atoms with van der Waals surface area (Å²) in [7, 11) is -3.55. The minimum Gasteiger partial charge on any atom is -0.350 e. The Morgan fingerprint density at radius 2 is 1.95 bits per heavy atom. The molecule has 7 heteroatoms. The van der Waals surface area contributed by atoms with Crippen LogP contribution in [0.25, 0.3) is 0 Å². The molecule has 124 valence electrons. The molecule has 1 N–H and O–H groups in total. The first-order valence-electron chi connectivity index (χ1n) is 7.01. The largest absolute Gasteiger partial charge is 0.350 e. The molecule has 0 aromatic heterocycles. The summed E-state index contributed by atoms with van der Waals surface area (Å²) in [6.45, 7) is 7.41. The Balaban J connectivity index is 3.05. The third kappa shape index (κ3) is 5.28. The normalized spacial score (nSPS) is 12.1. The fraction of sp³-hybridized carbons (Fsp3) is 0.533. The van der Waals surface area contributed by atoms with Gasteiger partial charge in [0, 0.05) is 10.0 Å². The van der Waals surface area contributed by atoms with Crippen LogP contribution in [0.3, 0.4) is 0 Å². The average molecular weight is 391 g/mol. The van der Waals surface area contributed by atoms with E-state index < -0.39 is 10.0 Å². The van der Waals surface area contributed by atoms with Crippen LogP contribution in [0.5, 0.6) is 0 Å². The first-order valence-corrected chi connectivity index (χ1v) is 9.65. The second-order valence-electron chi connectivity index (χ2n) is 5.99. The van der Waals surface area contributed by atoms with Gasteiger partial charge in [-0.1, -0.05) is 22.9 Å². The molecule has 0 unspecified atom stereocenters. The molecule has 1 rings (SSSR count). The summed E-state index contributed by atoms with van der Waals surface area (Å²) in [6, 6.07) is 5.19. The van der Waals surface area contributed by atoms with Crippen molar-refractivity contribution in [3.63, 3.8) is 0 Å². The van der Waals surface area contributed by atoms with Crippen LogP contribution in [0.2, 0.25) is 0 Å². The monoisotopic (exact) mass is 390 g/mol. The molecule has 22 heavy (non-hydrogen) atoms. The highest BCUT2D eigenvalue weighted by Gasteiger charge is 2.24. The molecule has 1 aromatic carbocycles. The second kappa shape index (κ2) is 7.00. The molecule has 0 atom stereocenters. The first-order chi connectivity index (χ1) is 9.96. The predicted molar refractivity (Wildman–Crippen MR) is 93.6 cm³/mol. The Hall–Kier alpha value is -1.08. The van der Waals surface area contributed by atoms with Gasteiger partial charge in [-0.15, -0.1) is 0 Å². The predicted octanol–water partition coefficient (Wildman–Crippen LogP) is 2.83. The van der Waals surface area contributed by atoms with E-state index in [1.807, 2.05) is 27.7 Å². The van der Waals surface area contributed by atoms with Crippen LogP contribution in [0.1, 0.15) is 32.8 Å². The lowest BCUT2D eigenvalue weighted by Crippen LogP contribution is -2.48. The summed E-state index contributed by atoms with van der Waals surface area (Å²) in [5.74, 6) is -0.321. The van der Waals surface area contributed by atoms with Crippen LogP contribution < -0.4 is 9.62 Å². The van der Waals surface area contributed by atoms with Crippen molar-refractivity contribution in [3.8, 4) is 0 Å². The number of benzene rings is 1.